The second-order valence-electron chi connectivity index (χ2n) is 6.09. The smallest absolute Gasteiger partial charge is 0.228 e. The number of piperazine rings is 1. The van der Waals surface area contributed by atoms with E-state index in [9.17, 15) is 14.4 Å². The molecule has 0 radical (unpaired) electrons. The van der Waals surface area contributed by atoms with Gasteiger partial charge >= 0.3 is 0 Å². The van der Waals surface area contributed by atoms with Gasteiger partial charge in [0.15, 0.2) is 0 Å². The first-order valence-corrected chi connectivity index (χ1v) is 7.89. The van der Waals surface area contributed by atoms with E-state index in [2.05, 4.69) is 0 Å². The van der Waals surface area contributed by atoms with E-state index in [0.717, 1.165) is 5.76 Å². The summed E-state index contributed by atoms with van der Waals surface area (Å²) in [5, 5.41) is 0. The van der Waals surface area contributed by atoms with Gasteiger partial charge in [0.1, 0.15) is 5.76 Å². The molecule has 1 aromatic rings. The zero-order chi connectivity index (χ0) is 16.4. The lowest BCUT2D eigenvalue weighted by atomic mass is 10.1. The van der Waals surface area contributed by atoms with Crippen LogP contribution in [0.4, 0.5) is 0 Å². The Morgan fingerprint density at radius 1 is 1.22 bits per heavy atom. The van der Waals surface area contributed by atoms with Crippen molar-refractivity contribution in [1.82, 2.24) is 14.7 Å². The minimum Gasteiger partial charge on any atom is -0.467 e. The first-order valence-electron chi connectivity index (χ1n) is 7.89. The maximum Gasteiger partial charge on any atom is 0.228 e. The van der Waals surface area contributed by atoms with Crippen molar-refractivity contribution in [3.05, 3.63) is 24.2 Å². The van der Waals surface area contributed by atoms with Gasteiger partial charge in [-0.1, -0.05) is 0 Å². The van der Waals surface area contributed by atoms with Crippen LogP contribution in [0, 0.1) is 5.92 Å². The number of nitrogens with zero attached hydrogens (tertiary/aromatic N) is 3. The highest BCUT2D eigenvalue weighted by Crippen LogP contribution is 2.23. The van der Waals surface area contributed by atoms with Gasteiger partial charge in [0.05, 0.1) is 18.7 Å². The number of amides is 3. The average Bonchev–Trinajstić information content (AvgIpc) is 3.17. The van der Waals surface area contributed by atoms with Crippen molar-refractivity contribution in [3.8, 4) is 0 Å². The van der Waals surface area contributed by atoms with Crippen molar-refractivity contribution in [3.63, 3.8) is 0 Å². The summed E-state index contributed by atoms with van der Waals surface area (Å²) in [6.45, 7) is 4.61. The van der Waals surface area contributed by atoms with E-state index in [0.29, 0.717) is 39.3 Å². The van der Waals surface area contributed by atoms with Crippen LogP contribution in [-0.2, 0) is 20.9 Å². The second-order valence-corrected chi connectivity index (χ2v) is 6.09. The van der Waals surface area contributed by atoms with E-state index in [1.807, 2.05) is 6.07 Å². The fourth-order valence-electron chi connectivity index (χ4n) is 3.18. The molecular formula is C16H21N3O4. The lowest BCUT2D eigenvalue weighted by Crippen LogP contribution is -2.51. The maximum absolute atomic E-state index is 12.6. The Kier molecular flexibility index (Phi) is 4.36. The van der Waals surface area contributed by atoms with Crippen LogP contribution in [0.15, 0.2) is 22.8 Å². The number of carbonyl (C=O) groups excluding carboxylic acids is 3. The molecule has 2 saturated heterocycles. The van der Waals surface area contributed by atoms with Crippen molar-refractivity contribution >= 4 is 17.7 Å². The molecule has 1 unspecified atom stereocenters. The number of hydrogen-bond acceptors (Lipinski definition) is 4. The molecule has 3 rings (SSSR count). The molecule has 2 aliphatic heterocycles. The minimum absolute atomic E-state index is 0.0119. The Hall–Kier alpha value is -2.31. The van der Waals surface area contributed by atoms with Crippen molar-refractivity contribution < 1.29 is 18.8 Å². The van der Waals surface area contributed by atoms with Crippen molar-refractivity contribution in [2.75, 3.05) is 32.7 Å². The molecule has 23 heavy (non-hydrogen) atoms. The zero-order valence-electron chi connectivity index (χ0n) is 13.2. The largest absolute Gasteiger partial charge is 0.467 e. The van der Waals surface area contributed by atoms with Gasteiger partial charge < -0.3 is 19.1 Å². The van der Waals surface area contributed by atoms with Crippen molar-refractivity contribution in [2.45, 2.75) is 19.9 Å². The third-order valence-corrected chi connectivity index (χ3v) is 4.53. The van der Waals surface area contributed by atoms with Gasteiger partial charge in [-0.3, -0.25) is 14.4 Å². The molecule has 0 spiro atoms. The summed E-state index contributed by atoms with van der Waals surface area (Å²) in [5.41, 5.74) is 0. The first kappa shape index (κ1) is 15.6. The Balaban J connectivity index is 1.55. The zero-order valence-corrected chi connectivity index (χ0v) is 13.2. The molecule has 124 valence electrons. The van der Waals surface area contributed by atoms with Gasteiger partial charge in [0.25, 0.3) is 0 Å². The molecule has 0 N–H and O–H groups in total. The van der Waals surface area contributed by atoms with Gasteiger partial charge in [-0.25, -0.2) is 0 Å². The predicted molar refractivity (Wildman–Crippen MR) is 81.1 cm³/mol. The number of carbonyl (C=O) groups is 3. The van der Waals surface area contributed by atoms with Gasteiger partial charge in [-0.15, -0.1) is 0 Å². The third kappa shape index (κ3) is 3.38. The van der Waals surface area contributed by atoms with Gasteiger partial charge in [-0.2, -0.15) is 0 Å². The Bertz CT molecular complexity index is 590. The third-order valence-electron chi connectivity index (χ3n) is 4.53. The van der Waals surface area contributed by atoms with E-state index < -0.39 is 0 Å². The van der Waals surface area contributed by atoms with Crippen molar-refractivity contribution in [1.29, 1.82) is 0 Å². The van der Waals surface area contributed by atoms with E-state index >= 15 is 0 Å². The summed E-state index contributed by atoms with van der Waals surface area (Å²) in [4.78, 5) is 41.2. The Morgan fingerprint density at radius 3 is 2.52 bits per heavy atom. The van der Waals surface area contributed by atoms with E-state index in [1.165, 1.54) is 0 Å². The van der Waals surface area contributed by atoms with Gasteiger partial charge in [-0.05, 0) is 12.1 Å². The molecule has 1 atom stereocenters. The highest BCUT2D eigenvalue weighted by molar-refractivity contribution is 5.89. The molecule has 3 heterocycles. The van der Waals surface area contributed by atoms with E-state index in [4.69, 9.17) is 4.42 Å². The number of likely N-dealkylation sites (tertiary alicyclic amines) is 1. The van der Waals surface area contributed by atoms with Crippen LogP contribution in [-0.4, -0.2) is 65.1 Å². The highest BCUT2D eigenvalue weighted by Gasteiger charge is 2.37. The van der Waals surface area contributed by atoms with Gasteiger partial charge in [0, 0.05) is 46.1 Å². The second kappa shape index (κ2) is 6.44. The maximum atomic E-state index is 12.6. The quantitative estimate of drug-likeness (QED) is 0.804. The molecule has 7 nitrogen and oxygen atoms in total. The number of hydrogen-bond donors (Lipinski definition) is 0. The molecule has 2 aliphatic rings. The summed E-state index contributed by atoms with van der Waals surface area (Å²) in [5.74, 6) is 0.478. The number of rotatable bonds is 3. The van der Waals surface area contributed by atoms with Crippen LogP contribution >= 0.6 is 0 Å². The first-order chi connectivity index (χ1) is 11.0. The fraction of sp³-hybridized carbons (Fsp3) is 0.562. The molecule has 7 heteroatoms. The molecule has 3 amide bonds. The van der Waals surface area contributed by atoms with Crippen LogP contribution < -0.4 is 0 Å². The lowest BCUT2D eigenvalue weighted by molar-refractivity contribution is -0.141. The summed E-state index contributed by atoms with van der Waals surface area (Å²) in [6.07, 6.45) is 1.83. The summed E-state index contributed by atoms with van der Waals surface area (Å²) >= 11 is 0. The topological polar surface area (TPSA) is 74.1 Å². The van der Waals surface area contributed by atoms with Crippen LogP contribution in [0.1, 0.15) is 19.1 Å². The van der Waals surface area contributed by atoms with E-state index in [1.54, 1.807) is 34.0 Å². The standard InChI is InChI=1S/C16H21N3O4/c1-12(20)17-4-6-18(7-5-17)16(22)13-9-15(21)19(10-13)11-14-3-2-8-23-14/h2-3,8,13H,4-7,9-11H2,1H3. The Morgan fingerprint density at radius 2 is 1.91 bits per heavy atom. The lowest BCUT2D eigenvalue weighted by Gasteiger charge is -2.35. The summed E-state index contributed by atoms with van der Waals surface area (Å²) < 4.78 is 5.26. The SMILES string of the molecule is CC(=O)N1CCN(C(=O)C2CC(=O)N(Cc3ccco3)C2)CC1. The molecule has 0 aromatic carbocycles. The van der Waals surface area contributed by atoms with Crippen LogP contribution in [0.25, 0.3) is 0 Å². The monoisotopic (exact) mass is 319 g/mol. The summed E-state index contributed by atoms with van der Waals surface area (Å²) in [7, 11) is 0. The van der Waals surface area contributed by atoms with Crippen molar-refractivity contribution in [2.24, 2.45) is 5.92 Å². The van der Waals surface area contributed by atoms with Gasteiger partial charge in [0.2, 0.25) is 17.7 Å². The fourth-order valence-corrected chi connectivity index (χ4v) is 3.18. The Labute approximate surface area is 134 Å². The molecule has 1 aromatic heterocycles. The molecule has 0 aliphatic carbocycles. The molecular weight excluding hydrogens is 298 g/mol. The predicted octanol–water partition coefficient (Wildman–Crippen LogP) is 0.319. The average molecular weight is 319 g/mol. The molecule has 0 bridgehead atoms. The normalized spacial score (nSPS) is 21.9. The molecule has 2 fully saturated rings. The van der Waals surface area contributed by atoms with Crippen LogP contribution in [0.3, 0.4) is 0 Å². The molecule has 0 saturated carbocycles. The minimum atomic E-state index is -0.290. The highest BCUT2D eigenvalue weighted by atomic mass is 16.3. The van der Waals surface area contributed by atoms with Crippen LogP contribution in [0.2, 0.25) is 0 Å². The summed E-state index contributed by atoms with van der Waals surface area (Å²) in [6, 6.07) is 3.61. The number of furan rings is 1. The van der Waals surface area contributed by atoms with Crippen LogP contribution in [0.5, 0.6) is 0 Å². The van der Waals surface area contributed by atoms with E-state index in [-0.39, 0.29) is 30.1 Å².